The molecule has 3 nitrogen and oxygen atoms in total. The maximum absolute atomic E-state index is 11.7. The molecule has 0 aliphatic heterocycles. The Bertz CT molecular complexity index is 355. The molecule has 1 aromatic heterocycles. The SMILES string of the molecule is CC(C)Cn1c(CCCN)cccc1=O. The van der Waals surface area contributed by atoms with Gasteiger partial charge in [0.05, 0.1) is 0 Å². The van der Waals surface area contributed by atoms with Crippen LogP contribution in [0.4, 0.5) is 0 Å². The molecule has 2 N–H and O–H groups in total. The summed E-state index contributed by atoms with van der Waals surface area (Å²) in [5.74, 6) is 0.488. The number of rotatable bonds is 5. The minimum atomic E-state index is 0.0956. The van der Waals surface area contributed by atoms with Crippen molar-refractivity contribution in [2.75, 3.05) is 6.54 Å². The van der Waals surface area contributed by atoms with Gasteiger partial charge < -0.3 is 10.3 Å². The Morgan fingerprint density at radius 3 is 2.73 bits per heavy atom. The van der Waals surface area contributed by atoms with E-state index in [1.807, 2.05) is 16.7 Å². The molecule has 0 radical (unpaired) electrons. The average Bonchev–Trinajstić information content (AvgIpc) is 2.18. The zero-order valence-corrected chi connectivity index (χ0v) is 9.57. The fraction of sp³-hybridized carbons (Fsp3) is 0.583. The van der Waals surface area contributed by atoms with E-state index in [0.717, 1.165) is 25.1 Å². The number of aromatic nitrogens is 1. The van der Waals surface area contributed by atoms with Crippen LogP contribution in [-0.4, -0.2) is 11.1 Å². The summed E-state index contributed by atoms with van der Waals surface area (Å²) >= 11 is 0. The number of nitrogens with zero attached hydrogens (tertiary/aromatic N) is 1. The molecule has 0 bridgehead atoms. The topological polar surface area (TPSA) is 48.0 Å². The second-order valence-electron chi connectivity index (χ2n) is 4.25. The van der Waals surface area contributed by atoms with Gasteiger partial charge in [-0.1, -0.05) is 19.9 Å². The summed E-state index contributed by atoms with van der Waals surface area (Å²) in [5, 5.41) is 0. The van der Waals surface area contributed by atoms with Crippen molar-refractivity contribution < 1.29 is 0 Å². The third-order valence-corrected chi connectivity index (χ3v) is 2.32. The van der Waals surface area contributed by atoms with Gasteiger partial charge in [-0.05, 0) is 31.4 Å². The Labute approximate surface area is 90.9 Å². The molecule has 0 saturated heterocycles. The molecular weight excluding hydrogens is 188 g/mol. The van der Waals surface area contributed by atoms with Gasteiger partial charge in [0.2, 0.25) is 0 Å². The first-order valence-electron chi connectivity index (χ1n) is 5.54. The lowest BCUT2D eigenvalue weighted by Crippen LogP contribution is -2.25. The first-order chi connectivity index (χ1) is 7.15. The summed E-state index contributed by atoms with van der Waals surface area (Å²) in [7, 11) is 0. The molecule has 0 spiro atoms. The van der Waals surface area contributed by atoms with Crippen LogP contribution >= 0.6 is 0 Å². The van der Waals surface area contributed by atoms with E-state index in [0.29, 0.717) is 12.5 Å². The average molecular weight is 208 g/mol. The maximum atomic E-state index is 11.7. The minimum absolute atomic E-state index is 0.0956. The maximum Gasteiger partial charge on any atom is 0.250 e. The Balaban J connectivity index is 2.92. The number of nitrogens with two attached hydrogens (primary N) is 1. The van der Waals surface area contributed by atoms with Crippen molar-refractivity contribution in [2.24, 2.45) is 11.7 Å². The van der Waals surface area contributed by atoms with E-state index in [1.165, 1.54) is 0 Å². The van der Waals surface area contributed by atoms with E-state index >= 15 is 0 Å². The molecule has 0 atom stereocenters. The van der Waals surface area contributed by atoms with Crippen molar-refractivity contribution in [1.82, 2.24) is 4.57 Å². The first-order valence-corrected chi connectivity index (χ1v) is 5.54. The van der Waals surface area contributed by atoms with E-state index in [1.54, 1.807) is 6.07 Å². The van der Waals surface area contributed by atoms with Gasteiger partial charge in [0.1, 0.15) is 0 Å². The lowest BCUT2D eigenvalue weighted by Gasteiger charge is -2.14. The minimum Gasteiger partial charge on any atom is -0.330 e. The third-order valence-electron chi connectivity index (χ3n) is 2.32. The predicted octanol–water partition coefficient (Wildman–Crippen LogP) is 1.40. The molecule has 0 amide bonds. The van der Waals surface area contributed by atoms with Crippen LogP contribution in [0.3, 0.4) is 0 Å². The van der Waals surface area contributed by atoms with Crippen molar-refractivity contribution in [3.63, 3.8) is 0 Å². The summed E-state index contributed by atoms with van der Waals surface area (Å²) in [6.07, 6.45) is 1.82. The van der Waals surface area contributed by atoms with Crippen LogP contribution in [0.25, 0.3) is 0 Å². The van der Waals surface area contributed by atoms with Crippen LogP contribution in [-0.2, 0) is 13.0 Å². The monoisotopic (exact) mass is 208 g/mol. The summed E-state index contributed by atoms with van der Waals surface area (Å²) in [4.78, 5) is 11.7. The lowest BCUT2D eigenvalue weighted by atomic mass is 10.1. The highest BCUT2D eigenvalue weighted by Gasteiger charge is 2.04. The van der Waals surface area contributed by atoms with E-state index in [4.69, 9.17) is 5.73 Å². The van der Waals surface area contributed by atoms with Gasteiger partial charge in [-0.25, -0.2) is 0 Å². The van der Waals surface area contributed by atoms with Crippen LogP contribution in [0.2, 0.25) is 0 Å². The Hall–Kier alpha value is -1.09. The van der Waals surface area contributed by atoms with Crippen LogP contribution in [0.15, 0.2) is 23.0 Å². The second-order valence-corrected chi connectivity index (χ2v) is 4.25. The highest BCUT2D eigenvalue weighted by Crippen LogP contribution is 2.04. The van der Waals surface area contributed by atoms with Gasteiger partial charge in [0.15, 0.2) is 0 Å². The number of hydrogen-bond acceptors (Lipinski definition) is 2. The molecule has 15 heavy (non-hydrogen) atoms. The van der Waals surface area contributed by atoms with E-state index < -0.39 is 0 Å². The largest absolute Gasteiger partial charge is 0.330 e. The van der Waals surface area contributed by atoms with Gasteiger partial charge in [0, 0.05) is 18.3 Å². The summed E-state index contributed by atoms with van der Waals surface area (Å²) in [6.45, 7) is 5.70. The van der Waals surface area contributed by atoms with Gasteiger partial charge >= 0.3 is 0 Å². The number of hydrogen-bond donors (Lipinski definition) is 1. The normalized spacial score (nSPS) is 10.9. The smallest absolute Gasteiger partial charge is 0.250 e. The number of aryl methyl sites for hydroxylation is 1. The standard InChI is InChI=1S/C12H20N2O/c1-10(2)9-14-11(6-4-8-13)5-3-7-12(14)15/h3,5,7,10H,4,6,8-9,13H2,1-2H3. The molecule has 0 aliphatic carbocycles. The summed E-state index contributed by atoms with van der Waals surface area (Å²) in [6, 6.07) is 5.46. The molecule has 1 rings (SSSR count). The Morgan fingerprint density at radius 1 is 1.40 bits per heavy atom. The Kier molecular flexibility index (Phi) is 4.56. The summed E-state index contributed by atoms with van der Waals surface area (Å²) < 4.78 is 1.86. The lowest BCUT2D eigenvalue weighted by molar-refractivity contribution is 0.493. The molecule has 0 aromatic carbocycles. The fourth-order valence-electron chi connectivity index (χ4n) is 1.64. The quantitative estimate of drug-likeness (QED) is 0.795. The highest BCUT2D eigenvalue weighted by atomic mass is 16.1. The van der Waals surface area contributed by atoms with Gasteiger partial charge in [-0.3, -0.25) is 4.79 Å². The van der Waals surface area contributed by atoms with Gasteiger partial charge in [0.25, 0.3) is 5.56 Å². The van der Waals surface area contributed by atoms with Crippen LogP contribution in [0.5, 0.6) is 0 Å². The molecule has 0 unspecified atom stereocenters. The van der Waals surface area contributed by atoms with Crippen LogP contribution in [0.1, 0.15) is 26.0 Å². The molecule has 0 aliphatic rings. The molecule has 1 aromatic rings. The zero-order valence-electron chi connectivity index (χ0n) is 9.57. The van der Waals surface area contributed by atoms with Crippen molar-refractivity contribution in [3.8, 4) is 0 Å². The van der Waals surface area contributed by atoms with E-state index in [9.17, 15) is 4.79 Å². The number of pyridine rings is 1. The van der Waals surface area contributed by atoms with E-state index in [2.05, 4.69) is 13.8 Å². The second kappa shape index (κ2) is 5.71. The highest BCUT2D eigenvalue weighted by molar-refractivity contribution is 5.07. The van der Waals surface area contributed by atoms with Crippen molar-refractivity contribution in [3.05, 3.63) is 34.2 Å². The Morgan fingerprint density at radius 2 is 2.13 bits per heavy atom. The summed E-state index contributed by atoms with van der Waals surface area (Å²) in [5.41, 5.74) is 6.67. The van der Waals surface area contributed by atoms with Crippen molar-refractivity contribution >= 4 is 0 Å². The van der Waals surface area contributed by atoms with Crippen LogP contribution < -0.4 is 11.3 Å². The van der Waals surface area contributed by atoms with Gasteiger partial charge in [-0.15, -0.1) is 0 Å². The zero-order chi connectivity index (χ0) is 11.3. The van der Waals surface area contributed by atoms with Gasteiger partial charge in [-0.2, -0.15) is 0 Å². The molecule has 0 saturated carbocycles. The predicted molar refractivity (Wildman–Crippen MR) is 62.9 cm³/mol. The fourth-order valence-corrected chi connectivity index (χ4v) is 1.64. The van der Waals surface area contributed by atoms with E-state index in [-0.39, 0.29) is 5.56 Å². The van der Waals surface area contributed by atoms with Crippen molar-refractivity contribution in [1.29, 1.82) is 0 Å². The molecule has 3 heteroatoms. The molecular formula is C12H20N2O. The molecule has 1 heterocycles. The molecule has 0 fully saturated rings. The van der Waals surface area contributed by atoms with Crippen molar-refractivity contribution in [2.45, 2.75) is 33.2 Å². The first kappa shape index (κ1) is 12.0. The molecule has 84 valence electrons. The third kappa shape index (κ3) is 3.51. The van der Waals surface area contributed by atoms with Crippen LogP contribution in [0, 0.1) is 5.92 Å².